The van der Waals surface area contributed by atoms with Gasteiger partial charge >= 0.3 is 0 Å². The van der Waals surface area contributed by atoms with E-state index in [9.17, 15) is 0 Å². The first-order valence-corrected chi connectivity index (χ1v) is 4.90. The first-order valence-electron chi connectivity index (χ1n) is 4.90. The predicted molar refractivity (Wildman–Crippen MR) is 51.4 cm³/mol. The second-order valence-electron chi connectivity index (χ2n) is 4.50. The van der Waals surface area contributed by atoms with Gasteiger partial charge in [0.1, 0.15) is 0 Å². The molecule has 2 nitrogen and oxygen atoms in total. The van der Waals surface area contributed by atoms with E-state index >= 15 is 0 Å². The third kappa shape index (κ3) is 2.20. The average Bonchev–Trinajstić information content (AvgIpc) is 2.03. The largest absolute Gasteiger partial charge is 0.378 e. The van der Waals surface area contributed by atoms with E-state index in [1.807, 2.05) is 0 Å². The Bertz CT molecular complexity index is 139. The van der Waals surface area contributed by atoms with Crippen molar-refractivity contribution in [3.05, 3.63) is 0 Å². The van der Waals surface area contributed by atoms with Gasteiger partial charge in [0.05, 0.1) is 13.2 Å². The Kier molecular flexibility index (Phi) is 3.13. The third-order valence-corrected chi connectivity index (χ3v) is 2.56. The summed E-state index contributed by atoms with van der Waals surface area (Å²) in [6, 6.07) is 0.624. The highest BCUT2D eigenvalue weighted by molar-refractivity contribution is 4.84. The number of rotatable bonds is 1. The molecule has 72 valence electrons. The lowest BCUT2D eigenvalue weighted by Gasteiger charge is -2.44. The van der Waals surface area contributed by atoms with Gasteiger partial charge in [-0.25, -0.2) is 0 Å². The molecule has 1 rings (SSSR count). The van der Waals surface area contributed by atoms with Gasteiger partial charge in [-0.15, -0.1) is 0 Å². The summed E-state index contributed by atoms with van der Waals surface area (Å²) in [7, 11) is 0. The molecular weight excluding hydrogens is 150 g/mol. The Morgan fingerprint density at radius 3 is 2.50 bits per heavy atom. The normalized spacial score (nSPS) is 27.5. The van der Waals surface area contributed by atoms with E-state index < -0.39 is 0 Å². The van der Waals surface area contributed by atoms with Gasteiger partial charge in [0.25, 0.3) is 0 Å². The van der Waals surface area contributed by atoms with Crippen LogP contribution in [-0.2, 0) is 4.74 Å². The molecule has 1 atom stereocenters. The Hall–Kier alpha value is -0.0800. The first-order chi connectivity index (χ1) is 5.55. The topological polar surface area (TPSA) is 12.5 Å². The van der Waals surface area contributed by atoms with Crippen molar-refractivity contribution in [2.24, 2.45) is 0 Å². The van der Waals surface area contributed by atoms with E-state index in [-0.39, 0.29) is 0 Å². The van der Waals surface area contributed by atoms with Gasteiger partial charge in [0.15, 0.2) is 0 Å². The van der Waals surface area contributed by atoms with Gasteiger partial charge in [-0.1, -0.05) is 6.92 Å². The summed E-state index contributed by atoms with van der Waals surface area (Å²) >= 11 is 0. The molecule has 0 aromatic rings. The predicted octanol–water partition coefficient (Wildman–Crippen LogP) is 1.90. The van der Waals surface area contributed by atoms with Crippen LogP contribution in [-0.4, -0.2) is 36.2 Å². The maximum atomic E-state index is 5.46. The molecule has 1 heterocycles. The minimum Gasteiger partial charge on any atom is -0.378 e. The Morgan fingerprint density at radius 1 is 1.42 bits per heavy atom. The van der Waals surface area contributed by atoms with Gasteiger partial charge in [-0.3, -0.25) is 4.90 Å². The van der Waals surface area contributed by atoms with E-state index in [0.717, 1.165) is 19.8 Å². The van der Waals surface area contributed by atoms with Gasteiger partial charge < -0.3 is 4.74 Å². The second kappa shape index (κ2) is 3.75. The van der Waals surface area contributed by atoms with Crippen LogP contribution in [0.3, 0.4) is 0 Å². The van der Waals surface area contributed by atoms with Crippen molar-refractivity contribution in [3.8, 4) is 0 Å². The van der Waals surface area contributed by atoms with Crippen molar-refractivity contribution in [3.63, 3.8) is 0 Å². The van der Waals surface area contributed by atoms with E-state index in [2.05, 4.69) is 32.6 Å². The molecule has 0 aliphatic carbocycles. The van der Waals surface area contributed by atoms with Crippen LogP contribution in [0, 0.1) is 0 Å². The molecule has 12 heavy (non-hydrogen) atoms. The van der Waals surface area contributed by atoms with Gasteiger partial charge in [0, 0.05) is 18.1 Å². The summed E-state index contributed by atoms with van der Waals surface area (Å²) in [5.41, 5.74) is 0.296. The van der Waals surface area contributed by atoms with Crippen LogP contribution in [0.4, 0.5) is 0 Å². The standard InChI is InChI=1S/C10H21NO/c1-5-9-8-12-7-6-11(9)10(2,3)4/h9H,5-8H2,1-4H3. The zero-order valence-electron chi connectivity index (χ0n) is 8.76. The summed E-state index contributed by atoms with van der Waals surface area (Å²) in [4.78, 5) is 2.55. The highest BCUT2D eigenvalue weighted by Crippen LogP contribution is 2.21. The molecule has 1 saturated heterocycles. The molecule has 1 aliphatic heterocycles. The summed E-state index contributed by atoms with van der Waals surface area (Å²) in [5.74, 6) is 0. The molecular formula is C10H21NO. The fourth-order valence-electron chi connectivity index (χ4n) is 1.88. The van der Waals surface area contributed by atoms with Crippen molar-refractivity contribution in [1.82, 2.24) is 4.90 Å². The van der Waals surface area contributed by atoms with Gasteiger partial charge in [0.2, 0.25) is 0 Å². The quantitative estimate of drug-likeness (QED) is 0.597. The highest BCUT2D eigenvalue weighted by atomic mass is 16.5. The highest BCUT2D eigenvalue weighted by Gasteiger charge is 2.30. The lowest BCUT2D eigenvalue weighted by Crippen LogP contribution is -2.54. The van der Waals surface area contributed by atoms with E-state index in [1.165, 1.54) is 6.42 Å². The molecule has 1 fully saturated rings. The SMILES string of the molecule is CCC1COCCN1C(C)(C)C. The summed E-state index contributed by atoms with van der Waals surface area (Å²) in [5, 5.41) is 0. The number of hydrogen-bond donors (Lipinski definition) is 0. The fourth-order valence-corrected chi connectivity index (χ4v) is 1.88. The number of nitrogens with zero attached hydrogens (tertiary/aromatic N) is 1. The van der Waals surface area contributed by atoms with Crippen molar-refractivity contribution in [2.75, 3.05) is 19.8 Å². The molecule has 0 aromatic carbocycles. The Morgan fingerprint density at radius 2 is 2.08 bits per heavy atom. The van der Waals surface area contributed by atoms with Crippen LogP contribution in [0.5, 0.6) is 0 Å². The molecule has 0 bridgehead atoms. The van der Waals surface area contributed by atoms with Crippen LogP contribution in [0.15, 0.2) is 0 Å². The van der Waals surface area contributed by atoms with Gasteiger partial charge in [-0.05, 0) is 27.2 Å². The van der Waals surface area contributed by atoms with E-state index in [1.54, 1.807) is 0 Å². The summed E-state index contributed by atoms with van der Waals surface area (Å²) in [6.45, 7) is 12.0. The van der Waals surface area contributed by atoms with Crippen LogP contribution in [0.2, 0.25) is 0 Å². The third-order valence-electron chi connectivity index (χ3n) is 2.56. The van der Waals surface area contributed by atoms with Crippen LogP contribution >= 0.6 is 0 Å². The Balaban J connectivity index is 2.59. The smallest absolute Gasteiger partial charge is 0.0622 e. The van der Waals surface area contributed by atoms with Crippen LogP contribution < -0.4 is 0 Å². The van der Waals surface area contributed by atoms with Gasteiger partial charge in [-0.2, -0.15) is 0 Å². The minimum atomic E-state index is 0.296. The molecule has 0 radical (unpaired) electrons. The average molecular weight is 171 g/mol. The van der Waals surface area contributed by atoms with Crippen molar-refractivity contribution in [2.45, 2.75) is 45.7 Å². The lowest BCUT2D eigenvalue weighted by atomic mass is 10.0. The molecule has 0 saturated carbocycles. The molecule has 0 amide bonds. The second-order valence-corrected chi connectivity index (χ2v) is 4.50. The number of ether oxygens (including phenoxy) is 1. The van der Waals surface area contributed by atoms with E-state index in [0.29, 0.717) is 11.6 Å². The zero-order chi connectivity index (χ0) is 9.19. The van der Waals surface area contributed by atoms with Crippen LogP contribution in [0.25, 0.3) is 0 Å². The zero-order valence-corrected chi connectivity index (χ0v) is 8.76. The Labute approximate surface area is 75.9 Å². The lowest BCUT2D eigenvalue weighted by molar-refractivity contribution is -0.0500. The molecule has 0 spiro atoms. The van der Waals surface area contributed by atoms with Crippen LogP contribution in [0.1, 0.15) is 34.1 Å². The molecule has 1 aliphatic rings. The maximum absolute atomic E-state index is 5.46. The number of morpholine rings is 1. The summed E-state index contributed by atoms with van der Waals surface area (Å²) < 4.78 is 5.46. The maximum Gasteiger partial charge on any atom is 0.0622 e. The summed E-state index contributed by atoms with van der Waals surface area (Å²) in [6.07, 6.45) is 1.19. The number of hydrogen-bond acceptors (Lipinski definition) is 2. The first kappa shape index (κ1) is 10.0. The molecule has 0 aromatic heterocycles. The van der Waals surface area contributed by atoms with Crippen molar-refractivity contribution < 1.29 is 4.74 Å². The minimum absolute atomic E-state index is 0.296. The van der Waals surface area contributed by atoms with Crippen molar-refractivity contribution >= 4 is 0 Å². The fraction of sp³-hybridized carbons (Fsp3) is 1.00. The van der Waals surface area contributed by atoms with Crippen molar-refractivity contribution in [1.29, 1.82) is 0 Å². The monoisotopic (exact) mass is 171 g/mol. The molecule has 0 N–H and O–H groups in total. The molecule has 2 heteroatoms. The van der Waals surface area contributed by atoms with E-state index in [4.69, 9.17) is 4.74 Å². The molecule has 1 unspecified atom stereocenters.